The zero-order valence-electron chi connectivity index (χ0n) is 21.2. The predicted molar refractivity (Wildman–Crippen MR) is 158 cm³/mol. The summed E-state index contributed by atoms with van der Waals surface area (Å²) in [5, 5.41) is 20.3. The lowest BCUT2D eigenvalue weighted by Crippen LogP contribution is -2.22. The minimum absolute atomic E-state index is 0.0428. The third-order valence-corrected chi connectivity index (χ3v) is 9.10. The number of halogens is 1. The minimum Gasteiger partial charge on any atom is -0.395 e. The molecule has 9 nitrogen and oxygen atoms in total. The molecule has 3 aromatic heterocycles. The molecule has 5 aromatic rings. The van der Waals surface area contributed by atoms with Gasteiger partial charge in [-0.3, -0.25) is 14.2 Å². The van der Waals surface area contributed by atoms with Gasteiger partial charge in [-0.2, -0.15) is 0 Å². The van der Waals surface area contributed by atoms with Gasteiger partial charge in [-0.15, -0.1) is 22.7 Å². The van der Waals surface area contributed by atoms with Gasteiger partial charge >= 0.3 is 0 Å². The third kappa shape index (κ3) is 5.19. The first-order chi connectivity index (χ1) is 19.5. The number of aliphatic hydroxyl groups excluding tert-OH is 1. The molecule has 1 aliphatic heterocycles. The highest BCUT2D eigenvalue weighted by Gasteiger charge is 2.22. The molecule has 40 heavy (non-hydrogen) atoms. The Labute approximate surface area is 242 Å². The van der Waals surface area contributed by atoms with Crippen LogP contribution in [-0.2, 0) is 19.5 Å². The van der Waals surface area contributed by atoms with Gasteiger partial charge in [-0.25, -0.2) is 9.97 Å². The van der Waals surface area contributed by atoms with Gasteiger partial charge in [0.05, 0.1) is 28.5 Å². The first-order valence-corrected chi connectivity index (χ1v) is 14.7. The Morgan fingerprint density at radius 3 is 2.80 bits per heavy atom. The molecule has 204 valence electrons. The SMILES string of the molecule is O=C(Nc1cccc(-c2cccc3c2ccn3C(=O)c2nc3c(s2)CNCC3)c1Cl)c1ncc(CNCCO)s1. The quantitative estimate of drug-likeness (QED) is 0.195. The molecule has 0 atom stereocenters. The zero-order valence-corrected chi connectivity index (χ0v) is 23.6. The van der Waals surface area contributed by atoms with Gasteiger partial charge in [0.1, 0.15) is 0 Å². The van der Waals surface area contributed by atoms with Crippen LogP contribution in [-0.4, -0.2) is 51.2 Å². The van der Waals surface area contributed by atoms with Crippen molar-refractivity contribution in [3.63, 3.8) is 0 Å². The number of amides is 1. The van der Waals surface area contributed by atoms with Gasteiger partial charge in [0.2, 0.25) is 0 Å². The van der Waals surface area contributed by atoms with Crippen molar-refractivity contribution in [3.05, 3.63) is 85.3 Å². The first kappa shape index (κ1) is 26.8. The molecule has 0 unspecified atom stereocenters. The molecule has 0 aliphatic carbocycles. The Morgan fingerprint density at radius 2 is 1.95 bits per heavy atom. The van der Waals surface area contributed by atoms with E-state index in [4.69, 9.17) is 16.7 Å². The van der Waals surface area contributed by atoms with Crippen LogP contribution >= 0.6 is 34.3 Å². The Morgan fingerprint density at radius 1 is 1.10 bits per heavy atom. The normalized spacial score (nSPS) is 12.9. The fourth-order valence-corrected chi connectivity index (χ4v) is 6.76. The number of benzene rings is 2. The molecule has 4 N–H and O–H groups in total. The average Bonchev–Trinajstić information content (AvgIpc) is 3.72. The van der Waals surface area contributed by atoms with Crippen molar-refractivity contribution in [1.82, 2.24) is 25.2 Å². The number of rotatable bonds is 8. The molecular weight excluding hydrogens is 568 g/mol. The number of nitrogens with one attached hydrogen (secondary N) is 3. The maximum Gasteiger partial charge on any atom is 0.291 e. The fourth-order valence-electron chi connectivity index (χ4n) is 4.70. The van der Waals surface area contributed by atoms with E-state index in [1.165, 1.54) is 22.7 Å². The van der Waals surface area contributed by atoms with Crippen molar-refractivity contribution in [2.75, 3.05) is 25.0 Å². The van der Waals surface area contributed by atoms with Gasteiger partial charge in [-0.1, -0.05) is 35.9 Å². The maximum atomic E-state index is 13.4. The minimum atomic E-state index is -0.353. The van der Waals surface area contributed by atoms with E-state index in [1.807, 2.05) is 36.4 Å². The van der Waals surface area contributed by atoms with E-state index in [-0.39, 0.29) is 18.4 Å². The van der Waals surface area contributed by atoms with Gasteiger partial charge in [0.25, 0.3) is 11.8 Å². The molecule has 0 fully saturated rings. The standard InChI is InChI=1S/C28H25ClN6O3S2/c29-24-19(4-1-5-21(24)33-25(37)26-32-14-16(39-26)13-31-10-12-36)17-3-2-6-22-18(17)8-11-35(22)28(38)27-34-20-7-9-30-15-23(20)40-27/h1-6,8,11,14,30-31,36H,7,9-10,12-13,15H2,(H,33,37). The Kier molecular flexibility index (Phi) is 7.74. The molecular formula is C28H25ClN6O3S2. The van der Waals surface area contributed by atoms with E-state index >= 15 is 0 Å². The second kappa shape index (κ2) is 11.6. The van der Waals surface area contributed by atoms with Gasteiger partial charge in [-0.05, 0) is 23.8 Å². The number of thiazole rings is 2. The Bertz CT molecular complexity index is 1700. The van der Waals surface area contributed by atoms with Crippen molar-refractivity contribution in [2.24, 2.45) is 0 Å². The van der Waals surface area contributed by atoms with Crippen LogP contribution in [0.25, 0.3) is 22.0 Å². The second-order valence-corrected chi connectivity index (χ2v) is 11.8. The van der Waals surface area contributed by atoms with Gasteiger partial charge < -0.3 is 21.1 Å². The van der Waals surface area contributed by atoms with Crippen LogP contribution in [0.4, 0.5) is 5.69 Å². The molecule has 0 saturated heterocycles. The summed E-state index contributed by atoms with van der Waals surface area (Å²) in [4.78, 5) is 37.2. The van der Waals surface area contributed by atoms with Gasteiger partial charge in [0, 0.05) is 65.7 Å². The number of carbonyl (C=O) groups excluding carboxylic acids is 2. The predicted octanol–water partition coefficient (Wildman–Crippen LogP) is 4.54. The molecule has 0 spiro atoms. The van der Waals surface area contributed by atoms with Crippen molar-refractivity contribution in [3.8, 4) is 11.1 Å². The summed E-state index contributed by atoms with van der Waals surface area (Å²) < 4.78 is 1.63. The summed E-state index contributed by atoms with van der Waals surface area (Å²) in [7, 11) is 0. The number of fused-ring (bicyclic) bond motifs is 2. The van der Waals surface area contributed by atoms with E-state index in [0.29, 0.717) is 33.8 Å². The summed E-state index contributed by atoms with van der Waals surface area (Å²) in [5.74, 6) is -0.512. The molecule has 6 rings (SSSR count). The largest absolute Gasteiger partial charge is 0.395 e. The molecule has 0 bridgehead atoms. The molecule has 1 aliphatic rings. The van der Waals surface area contributed by atoms with Crippen LogP contribution < -0.4 is 16.0 Å². The van der Waals surface area contributed by atoms with Crippen molar-refractivity contribution < 1.29 is 14.7 Å². The van der Waals surface area contributed by atoms with Crippen LogP contribution in [0.3, 0.4) is 0 Å². The lowest BCUT2D eigenvalue weighted by Gasteiger charge is -2.12. The highest BCUT2D eigenvalue weighted by atomic mass is 35.5. The average molecular weight is 593 g/mol. The van der Waals surface area contributed by atoms with Crippen molar-refractivity contribution in [1.29, 1.82) is 0 Å². The lowest BCUT2D eigenvalue weighted by atomic mass is 10.0. The molecule has 2 aromatic carbocycles. The summed E-state index contributed by atoms with van der Waals surface area (Å²) in [6.45, 7) is 2.65. The van der Waals surface area contributed by atoms with E-state index < -0.39 is 0 Å². The van der Waals surface area contributed by atoms with Crippen LogP contribution in [0.15, 0.2) is 54.9 Å². The number of hydrogen-bond acceptors (Lipinski definition) is 9. The molecule has 0 saturated carbocycles. The third-order valence-electron chi connectivity index (χ3n) is 6.61. The fraction of sp³-hybridized carbons (Fsp3) is 0.214. The number of aliphatic hydroxyl groups is 1. The van der Waals surface area contributed by atoms with Crippen LogP contribution in [0.1, 0.15) is 35.1 Å². The topological polar surface area (TPSA) is 121 Å². The van der Waals surface area contributed by atoms with Gasteiger partial charge in [0.15, 0.2) is 10.0 Å². The van der Waals surface area contributed by atoms with Crippen molar-refractivity contribution in [2.45, 2.75) is 19.5 Å². The second-order valence-electron chi connectivity index (χ2n) is 9.20. The number of nitrogens with zero attached hydrogens (tertiary/aromatic N) is 3. The lowest BCUT2D eigenvalue weighted by molar-refractivity contribution is 0.0963. The van der Waals surface area contributed by atoms with Crippen LogP contribution in [0.5, 0.6) is 0 Å². The molecule has 1 amide bonds. The van der Waals surface area contributed by atoms with E-state index in [0.717, 1.165) is 57.0 Å². The number of carbonyl (C=O) groups is 2. The zero-order chi connectivity index (χ0) is 27.6. The van der Waals surface area contributed by atoms with Crippen molar-refractivity contribution >= 4 is 62.7 Å². The number of anilines is 1. The monoisotopic (exact) mass is 592 g/mol. The molecule has 12 heteroatoms. The highest BCUT2D eigenvalue weighted by Crippen LogP contribution is 2.38. The Hall–Kier alpha value is -3.45. The van der Waals surface area contributed by atoms with Crippen LogP contribution in [0, 0.1) is 0 Å². The van der Waals surface area contributed by atoms with E-state index in [1.54, 1.807) is 23.0 Å². The smallest absolute Gasteiger partial charge is 0.291 e. The summed E-state index contributed by atoms with van der Waals surface area (Å²) in [5.41, 5.74) is 3.80. The molecule has 4 heterocycles. The Balaban J connectivity index is 1.27. The summed E-state index contributed by atoms with van der Waals surface area (Å²) >= 11 is 9.56. The molecule has 0 radical (unpaired) electrons. The number of hydrogen-bond donors (Lipinski definition) is 4. The highest BCUT2D eigenvalue weighted by molar-refractivity contribution is 7.14. The van der Waals surface area contributed by atoms with E-state index in [9.17, 15) is 9.59 Å². The number of aromatic nitrogens is 3. The maximum absolute atomic E-state index is 13.4. The van der Waals surface area contributed by atoms with Crippen LogP contribution in [0.2, 0.25) is 5.02 Å². The summed E-state index contributed by atoms with van der Waals surface area (Å²) in [6.07, 6.45) is 4.24. The van der Waals surface area contributed by atoms with E-state index in [2.05, 4.69) is 25.9 Å². The first-order valence-electron chi connectivity index (χ1n) is 12.7. The summed E-state index contributed by atoms with van der Waals surface area (Å²) in [6, 6.07) is 13.1.